The van der Waals surface area contributed by atoms with Crippen LogP contribution in [0.1, 0.15) is 45.1 Å². The molecule has 0 spiro atoms. The van der Waals surface area contributed by atoms with Crippen LogP contribution in [0.5, 0.6) is 0 Å². The Labute approximate surface area is 122 Å². The SMILES string of the molecule is CC(C)C1CCCCC1NCc1ccc2cc[nH]c2c1. The van der Waals surface area contributed by atoms with Crippen LogP contribution in [0, 0.1) is 11.8 Å². The van der Waals surface area contributed by atoms with Gasteiger partial charge in [0.25, 0.3) is 0 Å². The lowest BCUT2D eigenvalue weighted by Gasteiger charge is -2.35. The topological polar surface area (TPSA) is 27.8 Å². The minimum atomic E-state index is 0.697. The van der Waals surface area contributed by atoms with E-state index in [1.807, 2.05) is 6.20 Å². The first-order valence-electron chi connectivity index (χ1n) is 8.03. The van der Waals surface area contributed by atoms with Gasteiger partial charge in [0.1, 0.15) is 0 Å². The van der Waals surface area contributed by atoms with Gasteiger partial charge in [-0.15, -0.1) is 0 Å². The van der Waals surface area contributed by atoms with Gasteiger partial charge >= 0.3 is 0 Å². The predicted molar refractivity (Wildman–Crippen MR) is 85.7 cm³/mol. The van der Waals surface area contributed by atoms with Crippen molar-refractivity contribution in [2.24, 2.45) is 11.8 Å². The molecule has 1 aromatic carbocycles. The predicted octanol–water partition coefficient (Wildman–Crippen LogP) is 4.47. The Morgan fingerprint density at radius 1 is 1.20 bits per heavy atom. The molecule has 3 rings (SSSR count). The van der Waals surface area contributed by atoms with Gasteiger partial charge in [-0.3, -0.25) is 0 Å². The molecule has 0 bridgehead atoms. The Hall–Kier alpha value is -1.28. The number of rotatable bonds is 4. The lowest BCUT2D eigenvalue weighted by atomic mass is 9.78. The number of aromatic nitrogens is 1. The normalized spacial score (nSPS) is 23.6. The molecule has 1 saturated carbocycles. The van der Waals surface area contributed by atoms with E-state index in [4.69, 9.17) is 0 Å². The van der Waals surface area contributed by atoms with Crippen molar-refractivity contribution in [2.75, 3.05) is 0 Å². The fourth-order valence-electron chi connectivity index (χ4n) is 3.66. The maximum atomic E-state index is 3.81. The second-order valence-corrected chi connectivity index (χ2v) is 6.58. The summed E-state index contributed by atoms with van der Waals surface area (Å²) in [4.78, 5) is 3.30. The van der Waals surface area contributed by atoms with Crippen molar-refractivity contribution in [3.8, 4) is 0 Å². The second-order valence-electron chi connectivity index (χ2n) is 6.58. The average Bonchev–Trinajstić information content (AvgIpc) is 2.92. The highest BCUT2D eigenvalue weighted by Gasteiger charge is 2.26. The highest BCUT2D eigenvalue weighted by Crippen LogP contribution is 2.30. The highest BCUT2D eigenvalue weighted by atomic mass is 14.9. The molecule has 1 fully saturated rings. The largest absolute Gasteiger partial charge is 0.361 e. The molecule has 0 radical (unpaired) electrons. The summed E-state index contributed by atoms with van der Waals surface area (Å²) >= 11 is 0. The van der Waals surface area contributed by atoms with E-state index < -0.39 is 0 Å². The van der Waals surface area contributed by atoms with Crippen molar-refractivity contribution in [3.05, 3.63) is 36.0 Å². The zero-order valence-corrected chi connectivity index (χ0v) is 12.7. The van der Waals surface area contributed by atoms with E-state index >= 15 is 0 Å². The molecule has 2 heteroatoms. The van der Waals surface area contributed by atoms with Crippen molar-refractivity contribution in [1.29, 1.82) is 0 Å². The molecule has 108 valence electrons. The molecular weight excluding hydrogens is 244 g/mol. The molecule has 0 aliphatic heterocycles. The average molecular weight is 270 g/mol. The molecule has 0 amide bonds. The van der Waals surface area contributed by atoms with Gasteiger partial charge in [0, 0.05) is 24.3 Å². The molecule has 1 heterocycles. The first-order chi connectivity index (χ1) is 9.74. The van der Waals surface area contributed by atoms with Crippen LogP contribution in [0.4, 0.5) is 0 Å². The van der Waals surface area contributed by atoms with Crippen molar-refractivity contribution >= 4 is 10.9 Å². The summed E-state index contributed by atoms with van der Waals surface area (Å²) in [5.74, 6) is 1.64. The minimum Gasteiger partial charge on any atom is -0.361 e. The van der Waals surface area contributed by atoms with E-state index in [9.17, 15) is 0 Å². The van der Waals surface area contributed by atoms with Crippen LogP contribution in [0.15, 0.2) is 30.5 Å². The number of nitrogens with one attached hydrogen (secondary N) is 2. The fourth-order valence-corrected chi connectivity index (χ4v) is 3.66. The molecule has 2 N–H and O–H groups in total. The van der Waals surface area contributed by atoms with Crippen LogP contribution in [0.3, 0.4) is 0 Å². The second kappa shape index (κ2) is 6.01. The quantitative estimate of drug-likeness (QED) is 0.842. The maximum Gasteiger partial charge on any atom is 0.0457 e. The van der Waals surface area contributed by atoms with Gasteiger partial charge in [0.05, 0.1) is 0 Å². The van der Waals surface area contributed by atoms with Crippen LogP contribution in [0.2, 0.25) is 0 Å². The Balaban J connectivity index is 1.65. The zero-order chi connectivity index (χ0) is 13.9. The fraction of sp³-hybridized carbons (Fsp3) is 0.556. The molecule has 2 unspecified atom stereocenters. The standard InChI is InChI=1S/C18H26N2/c1-13(2)16-5-3-4-6-17(16)20-12-14-7-8-15-9-10-19-18(15)11-14/h7-11,13,16-17,19-20H,3-6,12H2,1-2H3. The number of hydrogen-bond acceptors (Lipinski definition) is 1. The summed E-state index contributed by atoms with van der Waals surface area (Å²) in [5.41, 5.74) is 2.63. The summed E-state index contributed by atoms with van der Waals surface area (Å²) in [6.07, 6.45) is 7.54. The summed E-state index contributed by atoms with van der Waals surface area (Å²) in [7, 11) is 0. The van der Waals surface area contributed by atoms with Crippen molar-refractivity contribution in [3.63, 3.8) is 0 Å². The van der Waals surface area contributed by atoms with E-state index in [-0.39, 0.29) is 0 Å². The molecule has 1 aromatic heterocycles. The third-order valence-electron chi connectivity index (χ3n) is 4.86. The van der Waals surface area contributed by atoms with E-state index in [1.165, 1.54) is 42.1 Å². The van der Waals surface area contributed by atoms with E-state index in [0.717, 1.165) is 18.4 Å². The molecule has 1 aliphatic carbocycles. The van der Waals surface area contributed by atoms with E-state index in [1.54, 1.807) is 0 Å². The molecular formula is C18H26N2. The summed E-state index contributed by atoms with van der Waals surface area (Å²) in [6.45, 7) is 5.73. The number of aromatic amines is 1. The van der Waals surface area contributed by atoms with Crippen LogP contribution in [-0.2, 0) is 6.54 Å². The van der Waals surface area contributed by atoms with Gasteiger partial charge in [-0.05, 0) is 47.8 Å². The third kappa shape index (κ3) is 2.90. The summed E-state index contributed by atoms with van der Waals surface area (Å²) in [6, 6.07) is 9.56. The lowest BCUT2D eigenvalue weighted by molar-refractivity contribution is 0.204. The Kier molecular flexibility index (Phi) is 4.11. The van der Waals surface area contributed by atoms with Gasteiger partial charge in [-0.1, -0.05) is 38.8 Å². The number of fused-ring (bicyclic) bond motifs is 1. The number of H-pyrrole nitrogens is 1. The number of benzene rings is 1. The maximum absolute atomic E-state index is 3.81. The summed E-state index contributed by atoms with van der Waals surface area (Å²) < 4.78 is 0. The van der Waals surface area contributed by atoms with Crippen molar-refractivity contribution < 1.29 is 0 Å². The molecule has 1 aliphatic rings. The molecule has 2 aromatic rings. The van der Waals surface area contributed by atoms with Crippen LogP contribution >= 0.6 is 0 Å². The third-order valence-corrected chi connectivity index (χ3v) is 4.86. The zero-order valence-electron chi connectivity index (χ0n) is 12.7. The Bertz CT molecular complexity index is 555. The van der Waals surface area contributed by atoms with Crippen LogP contribution in [-0.4, -0.2) is 11.0 Å². The number of hydrogen-bond donors (Lipinski definition) is 2. The minimum absolute atomic E-state index is 0.697. The Morgan fingerprint density at radius 2 is 2.05 bits per heavy atom. The Morgan fingerprint density at radius 3 is 2.90 bits per heavy atom. The molecule has 2 atom stereocenters. The molecule has 0 saturated heterocycles. The van der Waals surface area contributed by atoms with Gasteiger partial charge < -0.3 is 10.3 Å². The van der Waals surface area contributed by atoms with E-state index in [2.05, 4.69) is 48.4 Å². The molecule has 20 heavy (non-hydrogen) atoms. The van der Waals surface area contributed by atoms with Crippen LogP contribution in [0.25, 0.3) is 10.9 Å². The van der Waals surface area contributed by atoms with Crippen molar-refractivity contribution in [2.45, 2.75) is 52.1 Å². The highest BCUT2D eigenvalue weighted by molar-refractivity contribution is 5.79. The first-order valence-corrected chi connectivity index (χ1v) is 8.03. The van der Waals surface area contributed by atoms with Gasteiger partial charge in [0.2, 0.25) is 0 Å². The summed E-state index contributed by atoms with van der Waals surface area (Å²) in [5, 5.41) is 5.11. The van der Waals surface area contributed by atoms with Gasteiger partial charge in [-0.25, -0.2) is 0 Å². The van der Waals surface area contributed by atoms with Gasteiger partial charge in [-0.2, -0.15) is 0 Å². The monoisotopic (exact) mass is 270 g/mol. The smallest absolute Gasteiger partial charge is 0.0457 e. The first kappa shape index (κ1) is 13.7. The van der Waals surface area contributed by atoms with E-state index in [0.29, 0.717) is 6.04 Å². The van der Waals surface area contributed by atoms with Crippen molar-refractivity contribution in [1.82, 2.24) is 10.3 Å². The van der Waals surface area contributed by atoms with Gasteiger partial charge in [0.15, 0.2) is 0 Å². The lowest BCUT2D eigenvalue weighted by Crippen LogP contribution is -2.40. The molecule has 2 nitrogen and oxygen atoms in total. The van der Waals surface area contributed by atoms with Crippen LogP contribution < -0.4 is 5.32 Å².